The molecule has 0 bridgehead atoms. The second-order valence-electron chi connectivity index (χ2n) is 6.42. The van der Waals surface area contributed by atoms with Gasteiger partial charge in [0.1, 0.15) is 5.75 Å². The van der Waals surface area contributed by atoms with E-state index in [1.54, 1.807) is 0 Å². The highest BCUT2D eigenvalue weighted by atomic mass is 16.5. The maximum Gasteiger partial charge on any atom is 0.338 e. The highest BCUT2D eigenvalue weighted by Gasteiger charge is 2.23. The molecule has 1 aromatic rings. The van der Waals surface area contributed by atoms with Crippen molar-refractivity contribution in [2.24, 2.45) is 0 Å². The number of ether oxygens (including phenoxy) is 2. The predicted octanol–water partition coefficient (Wildman–Crippen LogP) is 3.62. The van der Waals surface area contributed by atoms with Crippen LogP contribution in [0, 0.1) is 6.92 Å². The number of unbranched alkanes of at least 4 members (excludes halogenated alkanes) is 1. The molecule has 0 unspecified atom stereocenters. The molecule has 22 heavy (non-hydrogen) atoms. The largest absolute Gasteiger partial charge is 0.493 e. The van der Waals surface area contributed by atoms with Gasteiger partial charge in [-0.05, 0) is 49.8 Å². The molecule has 1 aromatic carbocycles. The van der Waals surface area contributed by atoms with Crippen LogP contribution in [0.25, 0.3) is 0 Å². The zero-order valence-electron chi connectivity index (χ0n) is 14.4. The Hall–Kier alpha value is -1.55. The van der Waals surface area contributed by atoms with Crippen LogP contribution >= 0.6 is 0 Å². The van der Waals surface area contributed by atoms with E-state index >= 15 is 0 Å². The van der Waals surface area contributed by atoms with Gasteiger partial charge in [0.05, 0.1) is 18.8 Å². The van der Waals surface area contributed by atoms with Gasteiger partial charge in [0.15, 0.2) is 0 Å². The summed E-state index contributed by atoms with van der Waals surface area (Å²) >= 11 is 0. The average molecular weight is 308 g/mol. The molecule has 1 N–H and O–H groups in total. The lowest BCUT2D eigenvalue weighted by Gasteiger charge is -2.25. The summed E-state index contributed by atoms with van der Waals surface area (Å²) in [6, 6.07) is 3.68. The van der Waals surface area contributed by atoms with Gasteiger partial charge in [-0.1, -0.05) is 20.8 Å². The monoisotopic (exact) mass is 308 g/mol. The van der Waals surface area contributed by atoms with E-state index in [0.717, 1.165) is 16.9 Å². The minimum absolute atomic E-state index is 0.119. The minimum atomic E-state index is -0.324. The van der Waals surface area contributed by atoms with Gasteiger partial charge in [0.2, 0.25) is 0 Å². The SMILES string of the molecule is CCOc1c(C)cc(C(=O)OCCCCO)cc1C(C)(C)C. The normalized spacial score (nSPS) is 11.4. The van der Waals surface area contributed by atoms with Crippen molar-refractivity contribution >= 4 is 5.97 Å². The molecular formula is C18H28O4. The lowest BCUT2D eigenvalue weighted by Crippen LogP contribution is -2.17. The van der Waals surface area contributed by atoms with Gasteiger partial charge in [0.25, 0.3) is 0 Å². The van der Waals surface area contributed by atoms with Crippen LogP contribution in [0.3, 0.4) is 0 Å². The number of aliphatic hydroxyl groups is 1. The third-order valence-electron chi connectivity index (χ3n) is 3.39. The third-order valence-corrected chi connectivity index (χ3v) is 3.39. The van der Waals surface area contributed by atoms with Crippen molar-refractivity contribution in [3.8, 4) is 5.75 Å². The highest BCUT2D eigenvalue weighted by molar-refractivity contribution is 5.90. The van der Waals surface area contributed by atoms with E-state index < -0.39 is 0 Å². The van der Waals surface area contributed by atoms with Crippen molar-refractivity contribution < 1.29 is 19.4 Å². The van der Waals surface area contributed by atoms with E-state index in [9.17, 15) is 4.79 Å². The lowest BCUT2D eigenvalue weighted by atomic mass is 9.84. The standard InChI is InChI=1S/C18H28O4/c1-6-21-16-13(2)11-14(12-15(16)18(3,4)5)17(20)22-10-8-7-9-19/h11-12,19H,6-10H2,1-5H3. The summed E-state index contributed by atoms with van der Waals surface area (Å²) in [6.07, 6.45) is 1.31. The molecule has 0 saturated heterocycles. The van der Waals surface area contributed by atoms with Crippen LogP contribution in [0.1, 0.15) is 62.0 Å². The fourth-order valence-corrected chi connectivity index (χ4v) is 2.25. The van der Waals surface area contributed by atoms with Gasteiger partial charge in [0, 0.05) is 12.2 Å². The second kappa shape index (κ2) is 8.18. The molecule has 124 valence electrons. The molecule has 0 fully saturated rings. The first kappa shape index (κ1) is 18.5. The van der Waals surface area contributed by atoms with Gasteiger partial charge in [-0.2, -0.15) is 0 Å². The van der Waals surface area contributed by atoms with Crippen molar-refractivity contribution in [2.45, 2.75) is 52.9 Å². The van der Waals surface area contributed by atoms with E-state index in [1.807, 2.05) is 26.0 Å². The Morgan fingerprint density at radius 2 is 1.91 bits per heavy atom. The molecule has 0 spiro atoms. The Morgan fingerprint density at radius 1 is 1.23 bits per heavy atom. The summed E-state index contributed by atoms with van der Waals surface area (Å²) in [6.45, 7) is 11.2. The fraction of sp³-hybridized carbons (Fsp3) is 0.611. The molecule has 4 nitrogen and oxygen atoms in total. The van der Waals surface area contributed by atoms with Crippen LogP contribution in [0.2, 0.25) is 0 Å². The van der Waals surface area contributed by atoms with E-state index in [2.05, 4.69) is 20.8 Å². The summed E-state index contributed by atoms with van der Waals surface area (Å²) in [5.74, 6) is 0.529. The number of benzene rings is 1. The number of esters is 1. The number of hydrogen-bond acceptors (Lipinski definition) is 4. The Morgan fingerprint density at radius 3 is 2.45 bits per heavy atom. The Kier molecular flexibility index (Phi) is 6.88. The molecule has 0 amide bonds. The van der Waals surface area contributed by atoms with Crippen LogP contribution in [-0.2, 0) is 10.2 Å². The molecule has 0 aromatic heterocycles. The highest BCUT2D eigenvalue weighted by Crippen LogP contribution is 2.35. The van der Waals surface area contributed by atoms with Crippen LogP contribution in [-0.4, -0.2) is 30.9 Å². The van der Waals surface area contributed by atoms with Crippen LogP contribution in [0.5, 0.6) is 5.75 Å². The van der Waals surface area contributed by atoms with Crippen LogP contribution < -0.4 is 4.74 Å². The molecule has 4 heteroatoms. The van der Waals surface area contributed by atoms with Crippen molar-refractivity contribution in [2.75, 3.05) is 19.8 Å². The van der Waals surface area contributed by atoms with Crippen LogP contribution in [0.4, 0.5) is 0 Å². The topological polar surface area (TPSA) is 55.8 Å². The first-order chi connectivity index (χ1) is 10.3. The summed E-state index contributed by atoms with van der Waals surface area (Å²) in [5.41, 5.74) is 2.38. The molecular weight excluding hydrogens is 280 g/mol. The number of rotatable bonds is 7. The van der Waals surface area contributed by atoms with Gasteiger partial charge in [-0.15, -0.1) is 0 Å². The van der Waals surface area contributed by atoms with Crippen molar-refractivity contribution in [3.05, 3.63) is 28.8 Å². The van der Waals surface area contributed by atoms with Gasteiger partial charge < -0.3 is 14.6 Å². The zero-order chi connectivity index (χ0) is 16.8. The third kappa shape index (κ3) is 5.02. The molecule has 0 aliphatic heterocycles. The Balaban J connectivity index is 3.02. The Labute approximate surface area is 133 Å². The molecule has 1 rings (SSSR count). The number of aryl methyl sites for hydroxylation is 1. The molecule has 0 aliphatic carbocycles. The van der Waals surface area contributed by atoms with E-state index in [0.29, 0.717) is 31.6 Å². The van der Waals surface area contributed by atoms with Gasteiger partial charge >= 0.3 is 5.97 Å². The van der Waals surface area contributed by atoms with Crippen LogP contribution in [0.15, 0.2) is 12.1 Å². The summed E-state index contributed by atoms with van der Waals surface area (Å²) in [7, 11) is 0. The predicted molar refractivity (Wildman–Crippen MR) is 87.7 cm³/mol. The summed E-state index contributed by atoms with van der Waals surface area (Å²) < 4.78 is 11.0. The van der Waals surface area contributed by atoms with Crippen molar-refractivity contribution in [1.29, 1.82) is 0 Å². The quantitative estimate of drug-likeness (QED) is 0.617. The first-order valence-electron chi connectivity index (χ1n) is 7.87. The minimum Gasteiger partial charge on any atom is -0.493 e. The summed E-state index contributed by atoms with van der Waals surface area (Å²) in [5, 5.41) is 8.74. The number of hydrogen-bond donors (Lipinski definition) is 1. The number of aliphatic hydroxyl groups excluding tert-OH is 1. The maximum absolute atomic E-state index is 12.2. The lowest BCUT2D eigenvalue weighted by molar-refractivity contribution is 0.0492. The van der Waals surface area contributed by atoms with E-state index in [1.165, 1.54) is 0 Å². The maximum atomic E-state index is 12.2. The van der Waals surface area contributed by atoms with E-state index in [4.69, 9.17) is 14.6 Å². The molecule has 0 heterocycles. The second-order valence-corrected chi connectivity index (χ2v) is 6.42. The molecule has 0 radical (unpaired) electrons. The summed E-state index contributed by atoms with van der Waals surface area (Å²) in [4.78, 5) is 12.2. The Bertz CT molecular complexity index is 501. The fourth-order valence-electron chi connectivity index (χ4n) is 2.25. The molecule has 0 atom stereocenters. The molecule has 0 saturated carbocycles. The van der Waals surface area contributed by atoms with Crippen molar-refractivity contribution in [3.63, 3.8) is 0 Å². The smallest absolute Gasteiger partial charge is 0.338 e. The number of carbonyl (C=O) groups is 1. The van der Waals surface area contributed by atoms with Gasteiger partial charge in [-0.25, -0.2) is 4.79 Å². The van der Waals surface area contributed by atoms with Crippen molar-refractivity contribution in [1.82, 2.24) is 0 Å². The van der Waals surface area contributed by atoms with Gasteiger partial charge in [-0.3, -0.25) is 0 Å². The average Bonchev–Trinajstić information content (AvgIpc) is 2.44. The van der Waals surface area contributed by atoms with E-state index in [-0.39, 0.29) is 18.0 Å². The molecule has 0 aliphatic rings. The first-order valence-corrected chi connectivity index (χ1v) is 7.87. The zero-order valence-corrected chi connectivity index (χ0v) is 14.4. The number of carbonyl (C=O) groups excluding carboxylic acids is 1.